The Balaban J connectivity index is 1.79. The van der Waals surface area contributed by atoms with Crippen molar-refractivity contribution < 1.29 is 23.9 Å². The van der Waals surface area contributed by atoms with Gasteiger partial charge in [0.05, 0.1) is 10.6 Å². The van der Waals surface area contributed by atoms with Crippen LogP contribution in [0.15, 0.2) is 18.2 Å². The molecule has 1 heterocycles. The number of amides is 4. The number of rotatable bonds is 7. The zero-order valence-corrected chi connectivity index (χ0v) is 17.0. The second-order valence-electron chi connectivity index (χ2n) is 7.04. The number of carbonyl (C=O) groups excluding carboxylic acids is 4. The summed E-state index contributed by atoms with van der Waals surface area (Å²) < 4.78 is 5.08. The largest absolute Gasteiger partial charge is 0.453 e. The molecule has 9 nitrogen and oxygen atoms in total. The van der Waals surface area contributed by atoms with Gasteiger partial charge in [-0.25, -0.2) is 4.79 Å². The standard InChI is InChI=1S/C19H21ClN4O5/c1-11(16(26)22-13-7-6-12(10-21)14(20)9-13)29-15(25)5-4-8-24-17(27)19(2,3)23-18(24)28/h6-7,9,11H,4-5,8H2,1-3H3,(H,22,26)(H,23,28)/t11-/m0/s1. The average molecular weight is 421 g/mol. The maximum atomic E-state index is 12.2. The van der Waals surface area contributed by atoms with Gasteiger partial charge in [0.25, 0.3) is 11.8 Å². The van der Waals surface area contributed by atoms with E-state index in [4.69, 9.17) is 21.6 Å². The van der Waals surface area contributed by atoms with E-state index in [1.165, 1.54) is 25.1 Å². The van der Waals surface area contributed by atoms with Crippen molar-refractivity contribution in [3.63, 3.8) is 0 Å². The van der Waals surface area contributed by atoms with Gasteiger partial charge < -0.3 is 15.4 Å². The van der Waals surface area contributed by atoms with E-state index in [1.807, 2.05) is 6.07 Å². The van der Waals surface area contributed by atoms with E-state index in [0.717, 1.165) is 4.90 Å². The summed E-state index contributed by atoms with van der Waals surface area (Å²) in [6.07, 6.45) is -0.904. The fourth-order valence-electron chi connectivity index (χ4n) is 2.64. The molecule has 0 unspecified atom stereocenters. The van der Waals surface area contributed by atoms with Crippen LogP contribution >= 0.6 is 11.6 Å². The lowest BCUT2D eigenvalue weighted by Crippen LogP contribution is -2.40. The Kier molecular flexibility index (Phi) is 6.82. The maximum absolute atomic E-state index is 12.2. The second-order valence-corrected chi connectivity index (χ2v) is 7.45. The summed E-state index contributed by atoms with van der Waals surface area (Å²) in [6, 6.07) is 5.81. The first-order valence-electron chi connectivity index (χ1n) is 8.89. The molecule has 1 aliphatic rings. The van der Waals surface area contributed by atoms with Crippen molar-refractivity contribution in [2.24, 2.45) is 0 Å². The molecule has 1 fully saturated rings. The Labute approximate surface area is 172 Å². The average Bonchev–Trinajstić information content (AvgIpc) is 2.83. The molecule has 1 aliphatic heterocycles. The third-order valence-corrected chi connectivity index (χ3v) is 4.55. The number of esters is 1. The van der Waals surface area contributed by atoms with E-state index in [9.17, 15) is 19.2 Å². The molecule has 1 aromatic carbocycles. The van der Waals surface area contributed by atoms with Crippen molar-refractivity contribution in [2.45, 2.75) is 45.3 Å². The number of nitrogens with zero attached hydrogens (tertiary/aromatic N) is 2. The number of benzene rings is 1. The van der Waals surface area contributed by atoms with Gasteiger partial charge in [-0.15, -0.1) is 0 Å². The number of hydrogen-bond donors (Lipinski definition) is 2. The highest BCUT2D eigenvalue weighted by Gasteiger charge is 2.43. The molecule has 0 aromatic heterocycles. The molecule has 0 spiro atoms. The fourth-order valence-corrected chi connectivity index (χ4v) is 2.86. The molecule has 1 aromatic rings. The van der Waals surface area contributed by atoms with Crippen molar-refractivity contribution in [1.82, 2.24) is 10.2 Å². The van der Waals surface area contributed by atoms with Crippen molar-refractivity contribution >= 4 is 41.1 Å². The van der Waals surface area contributed by atoms with Gasteiger partial charge >= 0.3 is 12.0 Å². The van der Waals surface area contributed by atoms with Crippen molar-refractivity contribution in [3.8, 4) is 6.07 Å². The molecule has 0 bridgehead atoms. The molecule has 2 N–H and O–H groups in total. The lowest BCUT2D eigenvalue weighted by atomic mass is 10.1. The van der Waals surface area contributed by atoms with Gasteiger partial charge in [-0.3, -0.25) is 19.3 Å². The predicted octanol–water partition coefficient (Wildman–Crippen LogP) is 2.19. The van der Waals surface area contributed by atoms with Crippen LogP contribution in [0.2, 0.25) is 5.02 Å². The van der Waals surface area contributed by atoms with Crippen LogP contribution in [0, 0.1) is 11.3 Å². The van der Waals surface area contributed by atoms with Crippen LogP contribution in [0.3, 0.4) is 0 Å². The number of hydrogen-bond acceptors (Lipinski definition) is 6. The molecular weight excluding hydrogens is 400 g/mol. The topological polar surface area (TPSA) is 129 Å². The molecule has 4 amide bonds. The Morgan fingerprint density at radius 2 is 2.07 bits per heavy atom. The van der Waals surface area contributed by atoms with Gasteiger partial charge in [0.15, 0.2) is 6.10 Å². The maximum Gasteiger partial charge on any atom is 0.325 e. The van der Waals surface area contributed by atoms with Crippen LogP contribution in [0.5, 0.6) is 0 Å². The molecule has 2 rings (SSSR count). The molecule has 0 radical (unpaired) electrons. The smallest absolute Gasteiger partial charge is 0.325 e. The van der Waals surface area contributed by atoms with E-state index in [2.05, 4.69) is 10.6 Å². The normalized spacial score (nSPS) is 16.0. The van der Waals surface area contributed by atoms with Gasteiger partial charge in [0.2, 0.25) is 0 Å². The molecule has 154 valence electrons. The number of halogens is 1. The van der Waals surface area contributed by atoms with Crippen LogP contribution < -0.4 is 10.6 Å². The summed E-state index contributed by atoms with van der Waals surface area (Å²) in [5.41, 5.74) is -0.320. The minimum atomic E-state index is -1.06. The first-order chi connectivity index (χ1) is 13.5. The number of nitrogens with one attached hydrogen (secondary N) is 2. The highest BCUT2D eigenvalue weighted by Crippen LogP contribution is 2.20. The first kappa shape index (κ1) is 22.2. The monoisotopic (exact) mass is 420 g/mol. The number of nitriles is 1. The number of urea groups is 1. The van der Waals surface area contributed by atoms with E-state index in [1.54, 1.807) is 13.8 Å². The van der Waals surface area contributed by atoms with Crippen LogP contribution in [-0.4, -0.2) is 46.9 Å². The van der Waals surface area contributed by atoms with Crippen molar-refractivity contribution in [1.29, 1.82) is 5.26 Å². The van der Waals surface area contributed by atoms with E-state index >= 15 is 0 Å². The van der Waals surface area contributed by atoms with Crippen LogP contribution in [0.4, 0.5) is 10.5 Å². The van der Waals surface area contributed by atoms with E-state index in [-0.39, 0.29) is 35.9 Å². The summed E-state index contributed by atoms with van der Waals surface area (Å²) in [7, 11) is 0. The van der Waals surface area contributed by atoms with Crippen molar-refractivity contribution in [3.05, 3.63) is 28.8 Å². The van der Waals surface area contributed by atoms with E-state index < -0.39 is 29.6 Å². The van der Waals surface area contributed by atoms with Gasteiger partial charge in [0, 0.05) is 18.7 Å². The van der Waals surface area contributed by atoms with Crippen LogP contribution in [0.1, 0.15) is 39.2 Å². The third kappa shape index (κ3) is 5.45. The minimum Gasteiger partial charge on any atom is -0.453 e. The Bertz CT molecular complexity index is 893. The molecule has 1 saturated heterocycles. The number of carbonyl (C=O) groups is 4. The lowest BCUT2D eigenvalue weighted by molar-refractivity contribution is -0.153. The Morgan fingerprint density at radius 3 is 2.62 bits per heavy atom. The zero-order valence-electron chi connectivity index (χ0n) is 16.2. The first-order valence-corrected chi connectivity index (χ1v) is 9.27. The van der Waals surface area contributed by atoms with Crippen LogP contribution in [-0.2, 0) is 19.1 Å². The number of imide groups is 1. The molecule has 0 aliphatic carbocycles. The summed E-state index contributed by atoms with van der Waals surface area (Å²) in [6.45, 7) is 4.69. The molecule has 10 heteroatoms. The fraction of sp³-hybridized carbons (Fsp3) is 0.421. The Morgan fingerprint density at radius 1 is 1.38 bits per heavy atom. The second kappa shape index (κ2) is 8.92. The molecule has 1 atom stereocenters. The lowest BCUT2D eigenvalue weighted by Gasteiger charge is -2.16. The summed E-state index contributed by atoms with van der Waals surface area (Å²) in [5, 5.41) is 14.1. The van der Waals surface area contributed by atoms with Gasteiger partial charge in [-0.05, 0) is 45.4 Å². The molecular formula is C19H21ClN4O5. The van der Waals surface area contributed by atoms with Crippen LogP contribution in [0.25, 0.3) is 0 Å². The number of anilines is 1. The Hall–Kier alpha value is -3.12. The van der Waals surface area contributed by atoms with Gasteiger partial charge in [0.1, 0.15) is 11.6 Å². The highest BCUT2D eigenvalue weighted by atomic mass is 35.5. The molecule has 29 heavy (non-hydrogen) atoms. The quantitative estimate of drug-likeness (QED) is 0.514. The summed E-state index contributed by atoms with van der Waals surface area (Å²) in [4.78, 5) is 49.0. The summed E-state index contributed by atoms with van der Waals surface area (Å²) in [5.74, 6) is -1.54. The van der Waals surface area contributed by atoms with Gasteiger partial charge in [-0.2, -0.15) is 5.26 Å². The third-order valence-electron chi connectivity index (χ3n) is 4.24. The molecule has 0 saturated carbocycles. The van der Waals surface area contributed by atoms with Gasteiger partial charge in [-0.1, -0.05) is 11.6 Å². The summed E-state index contributed by atoms with van der Waals surface area (Å²) >= 11 is 5.91. The van der Waals surface area contributed by atoms with Crippen molar-refractivity contribution in [2.75, 3.05) is 11.9 Å². The highest BCUT2D eigenvalue weighted by molar-refractivity contribution is 6.32. The SMILES string of the molecule is C[C@H](OC(=O)CCCN1C(=O)NC(C)(C)C1=O)C(=O)Nc1ccc(C#N)c(Cl)c1. The predicted molar refractivity (Wildman–Crippen MR) is 104 cm³/mol. The minimum absolute atomic E-state index is 0.0577. The number of ether oxygens (including phenoxy) is 1. The zero-order chi connectivity index (χ0) is 21.8. The van der Waals surface area contributed by atoms with E-state index in [0.29, 0.717) is 5.69 Å².